The molecule has 0 saturated carbocycles. The number of carbonyl (C=O) groups is 7. The van der Waals surface area contributed by atoms with Crippen molar-refractivity contribution < 1.29 is 48.9 Å². The highest BCUT2D eigenvalue weighted by molar-refractivity contribution is 7.80. The number of nitrogens with two attached hydrogens (primary N) is 2. The van der Waals surface area contributed by atoms with Gasteiger partial charge in [-0.05, 0) is 6.42 Å². The first-order chi connectivity index (χ1) is 14.8. The highest BCUT2D eigenvalue weighted by Crippen LogP contribution is 2.02. The third-order valence-corrected chi connectivity index (χ3v) is 4.22. The van der Waals surface area contributed by atoms with E-state index in [2.05, 4.69) is 23.3 Å². The van der Waals surface area contributed by atoms with Crippen LogP contribution in [0.5, 0.6) is 0 Å². The van der Waals surface area contributed by atoms with E-state index in [1.807, 2.05) is 5.32 Å². The fourth-order valence-electron chi connectivity index (χ4n) is 2.23. The second-order valence-corrected chi connectivity index (χ2v) is 6.88. The number of carboxylic acids is 3. The summed E-state index contributed by atoms with van der Waals surface area (Å²) < 4.78 is 0. The Kier molecular flexibility index (Phi) is 12.3. The second-order valence-electron chi connectivity index (χ2n) is 6.51. The van der Waals surface area contributed by atoms with Crippen LogP contribution in [0.2, 0.25) is 0 Å². The third-order valence-electron chi connectivity index (χ3n) is 3.85. The Morgan fingerprint density at radius 3 is 1.66 bits per heavy atom. The van der Waals surface area contributed by atoms with Gasteiger partial charge >= 0.3 is 17.9 Å². The molecule has 0 heterocycles. The molecule has 0 aromatic carbocycles. The zero-order chi connectivity index (χ0) is 25.0. The lowest BCUT2D eigenvalue weighted by Gasteiger charge is -2.23. The molecule has 180 valence electrons. The maximum Gasteiger partial charge on any atom is 0.326 e. The van der Waals surface area contributed by atoms with E-state index in [1.54, 1.807) is 0 Å². The predicted octanol–water partition coefficient (Wildman–Crippen LogP) is -4.00. The molecule has 4 unspecified atom stereocenters. The first-order valence-corrected chi connectivity index (χ1v) is 9.63. The number of hydrogen-bond acceptors (Lipinski definition) is 9. The summed E-state index contributed by atoms with van der Waals surface area (Å²) in [5.41, 5.74) is 10.3. The van der Waals surface area contributed by atoms with Gasteiger partial charge in [-0.2, -0.15) is 12.6 Å². The summed E-state index contributed by atoms with van der Waals surface area (Å²) in [5, 5.41) is 33.0. The van der Waals surface area contributed by atoms with Gasteiger partial charge in [0.25, 0.3) is 0 Å². The Balaban J connectivity index is 5.27. The molecule has 0 aromatic heterocycles. The number of carboxylic acid groups (broad SMARTS) is 3. The van der Waals surface area contributed by atoms with Crippen LogP contribution in [0.3, 0.4) is 0 Å². The van der Waals surface area contributed by atoms with E-state index in [-0.39, 0.29) is 18.6 Å². The van der Waals surface area contributed by atoms with Gasteiger partial charge in [0.1, 0.15) is 18.1 Å². The zero-order valence-corrected chi connectivity index (χ0v) is 17.5. The van der Waals surface area contributed by atoms with E-state index in [9.17, 15) is 33.6 Å². The fourth-order valence-corrected chi connectivity index (χ4v) is 2.48. The van der Waals surface area contributed by atoms with Crippen molar-refractivity contribution in [2.75, 3.05) is 5.75 Å². The lowest BCUT2D eigenvalue weighted by atomic mass is 10.1. The summed E-state index contributed by atoms with van der Waals surface area (Å²) >= 11 is 3.88. The van der Waals surface area contributed by atoms with Crippen LogP contribution in [-0.2, 0) is 33.6 Å². The summed E-state index contributed by atoms with van der Waals surface area (Å²) in [6.45, 7) is 0. The molecule has 0 spiro atoms. The van der Waals surface area contributed by atoms with Crippen LogP contribution < -0.4 is 27.4 Å². The highest BCUT2D eigenvalue weighted by atomic mass is 32.1. The monoisotopic (exact) mass is 479 g/mol. The minimum Gasteiger partial charge on any atom is -0.481 e. The van der Waals surface area contributed by atoms with Gasteiger partial charge in [0, 0.05) is 12.2 Å². The standard InChI is InChI=1S/C16H25N5O10S/c17-6(3-11(23)24)13(27)20-8(4-12(25)26)14(28)21-9(5-32)15(29)19-7(16(30)31)1-2-10(18)22/h6-9,32H,1-5,17H2,(H2,18,22)(H,19,29)(H,20,27)(H,21,28)(H,23,24)(H,25,26)(H,30,31). The van der Waals surface area contributed by atoms with Crippen molar-refractivity contribution in [1.82, 2.24) is 16.0 Å². The Labute approximate surface area is 186 Å². The summed E-state index contributed by atoms with van der Waals surface area (Å²) in [6.07, 6.45) is -2.35. The second kappa shape index (κ2) is 13.8. The molecule has 0 radical (unpaired) electrons. The third kappa shape index (κ3) is 11.1. The Hall–Kier alpha value is -3.40. The van der Waals surface area contributed by atoms with Gasteiger partial charge in [-0.15, -0.1) is 0 Å². The number of carbonyl (C=O) groups excluding carboxylic acids is 4. The lowest BCUT2D eigenvalue weighted by molar-refractivity contribution is -0.143. The van der Waals surface area contributed by atoms with Crippen LogP contribution in [0.25, 0.3) is 0 Å². The lowest BCUT2D eigenvalue weighted by Crippen LogP contribution is -2.58. The van der Waals surface area contributed by atoms with Gasteiger partial charge < -0.3 is 42.7 Å². The van der Waals surface area contributed by atoms with Crippen LogP contribution in [0.15, 0.2) is 0 Å². The number of thiol groups is 1. The summed E-state index contributed by atoms with van der Waals surface area (Å²) in [4.78, 5) is 80.4. The number of amides is 4. The van der Waals surface area contributed by atoms with Crippen molar-refractivity contribution in [3.05, 3.63) is 0 Å². The first-order valence-electron chi connectivity index (χ1n) is 9.00. The van der Waals surface area contributed by atoms with E-state index in [4.69, 9.17) is 26.8 Å². The molecule has 15 nitrogen and oxygen atoms in total. The molecule has 16 heteroatoms. The topological polar surface area (TPSA) is 268 Å². The van der Waals surface area contributed by atoms with Crippen LogP contribution in [0.4, 0.5) is 0 Å². The van der Waals surface area contributed by atoms with Crippen LogP contribution >= 0.6 is 12.6 Å². The molecular weight excluding hydrogens is 454 g/mol. The molecule has 0 bridgehead atoms. The molecule has 10 N–H and O–H groups in total. The van der Waals surface area contributed by atoms with E-state index in [1.165, 1.54) is 0 Å². The van der Waals surface area contributed by atoms with Gasteiger partial charge in [0.2, 0.25) is 23.6 Å². The summed E-state index contributed by atoms with van der Waals surface area (Å²) in [7, 11) is 0. The van der Waals surface area contributed by atoms with Gasteiger partial charge in [-0.25, -0.2) is 4.79 Å². The van der Waals surface area contributed by atoms with E-state index in [0.29, 0.717) is 0 Å². The minimum atomic E-state index is -1.72. The molecule has 0 aliphatic rings. The van der Waals surface area contributed by atoms with E-state index < -0.39 is 78.5 Å². The summed E-state index contributed by atoms with van der Waals surface area (Å²) in [5.74, 6) is -8.76. The predicted molar refractivity (Wildman–Crippen MR) is 108 cm³/mol. The number of hydrogen-bond donors (Lipinski definition) is 9. The zero-order valence-electron chi connectivity index (χ0n) is 16.6. The Bertz CT molecular complexity index is 761. The van der Waals surface area contributed by atoms with Crippen molar-refractivity contribution in [3.63, 3.8) is 0 Å². The Morgan fingerprint density at radius 2 is 1.22 bits per heavy atom. The van der Waals surface area contributed by atoms with Crippen LogP contribution in [0.1, 0.15) is 25.7 Å². The normalized spacial score (nSPS) is 14.2. The van der Waals surface area contributed by atoms with Crippen molar-refractivity contribution in [2.45, 2.75) is 49.9 Å². The average molecular weight is 479 g/mol. The molecule has 4 atom stereocenters. The molecular formula is C16H25N5O10S. The van der Waals surface area contributed by atoms with Crippen molar-refractivity contribution in [2.24, 2.45) is 11.5 Å². The fraction of sp³-hybridized carbons (Fsp3) is 0.562. The molecule has 4 amide bonds. The van der Waals surface area contributed by atoms with Crippen molar-refractivity contribution in [3.8, 4) is 0 Å². The number of primary amides is 1. The number of rotatable bonds is 15. The van der Waals surface area contributed by atoms with Gasteiger partial charge in [0.15, 0.2) is 0 Å². The SMILES string of the molecule is NC(=O)CCC(NC(=O)C(CS)NC(=O)C(CC(=O)O)NC(=O)C(N)CC(=O)O)C(=O)O. The van der Waals surface area contributed by atoms with E-state index in [0.717, 1.165) is 0 Å². The maximum atomic E-state index is 12.4. The van der Waals surface area contributed by atoms with Crippen molar-refractivity contribution in [1.29, 1.82) is 0 Å². The quantitative estimate of drug-likeness (QED) is 0.102. The van der Waals surface area contributed by atoms with Crippen molar-refractivity contribution >= 4 is 54.2 Å². The van der Waals surface area contributed by atoms with Crippen LogP contribution in [0, 0.1) is 0 Å². The molecule has 0 aliphatic carbocycles. The molecule has 32 heavy (non-hydrogen) atoms. The highest BCUT2D eigenvalue weighted by Gasteiger charge is 2.31. The molecule has 0 fully saturated rings. The van der Waals surface area contributed by atoms with E-state index >= 15 is 0 Å². The molecule has 0 rings (SSSR count). The Morgan fingerprint density at radius 1 is 0.750 bits per heavy atom. The van der Waals surface area contributed by atoms with Crippen LogP contribution in [-0.4, -0.2) is 86.8 Å². The van der Waals surface area contributed by atoms with Gasteiger partial charge in [0.05, 0.1) is 18.9 Å². The van der Waals surface area contributed by atoms with Gasteiger partial charge in [-0.1, -0.05) is 0 Å². The summed E-state index contributed by atoms with van der Waals surface area (Å²) in [6, 6.07) is -6.23. The first kappa shape index (κ1) is 28.6. The minimum absolute atomic E-state index is 0.317. The maximum absolute atomic E-state index is 12.4. The molecule has 0 saturated heterocycles. The van der Waals surface area contributed by atoms with Gasteiger partial charge in [-0.3, -0.25) is 28.8 Å². The number of nitrogens with one attached hydrogen (secondary N) is 3. The smallest absolute Gasteiger partial charge is 0.326 e. The largest absolute Gasteiger partial charge is 0.481 e. The molecule has 0 aliphatic heterocycles. The molecule has 0 aromatic rings. The number of aliphatic carboxylic acids is 3. The average Bonchev–Trinajstić information content (AvgIpc) is 2.66.